The van der Waals surface area contributed by atoms with Gasteiger partial charge in [-0.3, -0.25) is 0 Å². The number of hydrogen-bond donors (Lipinski definition) is 0. The number of rotatable bonds is 3. The Balaban J connectivity index is 4.27. The molecule has 0 saturated carbocycles. The van der Waals surface area contributed by atoms with Crippen LogP contribution in [0.1, 0.15) is 41.0 Å². The minimum atomic E-state index is -1.60. The Morgan fingerprint density at radius 1 is 1.31 bits per heavy atom. The Bertz CT molecular complexity index is 297. The van der Waals surface area contributed by atoms with E-state index < -0.39 is 8.32 Å². The van der Waals surface area contributed by atoms with Crippen molar-refractivity contribution in [1.82, 2.24) is 0 Å². The van der Waals surface area contributed by atoms with Crippen LogP contribution in [0.4, 0.5) is 0 Å². The molecule has 0 atom stereocenters. The van der Waals surface area contributed by atoms with Gasteiger partial charge in [-0.2, -0.15) is 0 Å². The Labute approximate surface area is 102 Å². The van der Waals surface area contributed by atoms with Crippen LogP contribution in [0.3, 0.4) is 0 Å². The Morgan fingerprint density at radius 2 is 1.88 bits per heavy atom. The molecular formula is C14H26OSi. The molecule has 0 bridgehead atoms. The van der Waals surface area contributed by atoms with Crippen LogP contribution in [0.2, 0.25) is 18.1 Å². The van der Waals surface area contributed by atoms with Crippen molar-refractivity contribution < 1.29 is 4.43 Å². The third-order valence-electron chi connectivity index (χ3n) is 3.10. The van der Waals surface area contributed by atoms with Gasteiger partial charge in [0.1, 0.15) is 0 Å². The predicted octanol–water partition coefficient (Wildman–Crippen LogP) is 4.37. The molecule has 0 unspecified atom stereocenters. The second-order valence-electron chi connectivity index (χ2n) is 5.61. The number of allylic oxidation sites excluding steroid dienone is 1. The molecule has 0 aliphatic carbocycles. The summed E-state index contributed by atoms with van der Waals surface area (Å²) < 4.78 is 6.04. The van der Waals surface area contributed by atoms with E-state index in [2.05, 4.69) is 58.7 Å². The van der Waals surface area contributed by atoms with E-state index in [1.807, 2.05) is 6.92 Å². The van der Waals surface area contributed by atoms with E-state index in [-0.39, 0.29) is 5.04 Å². The van der Waals surface area contributed by atoms with Gasteiger partial charge < -0.3 is 4.43 Å². The SMILES string of the molecule is CCC#C/C(C)=C\CO[Si](C)(C)C(C)(C)C. The smallest absolute Gasteiger partial charge is 0.192 e. The molecule has 0 aromatic carbocycles. The minimum Gasteiger partial charge on any atom is -0.413 e. The zero-order chi connectivity index (χ0) is 12.8. The van der Waals surface area contributed by atoms with E-state index in [9.17, 15) is 0 Å². The van der Waals surface area contributed by atoms with E-state index in [0.29, 0.717) is 6.61 Å². The Morgan fingerprint density at radius 3 is 2.31 bits per heavy atom. The molecule has 0 saturated heterocycles. The Kier molecular flexibility index (Phi) is 6.07. The fourth-order valence-electron chi connectivity index (χ4n) is 0.870. The molecule has 0 fully saturated rings. The van der Waals surface area contributed by atoms with Crippen LogP contribution in [-0.2, 0) is 4.43 Å². The van der Waals surface area contributed by atoms with Gasteiger partial charge >= 0.3 is 0 Å². The molecule has 1 nitrogen and oxygen atoms in total. The van der Waals surface area contributed by atoms with Crippen LogP contribution < -0.4 is 0 Å². The van der Waals surface area contributed by atoms with E-state index >= 15 is 0 Å². The lowest BCUT2D eigenvalue weighted by atomic mass is 10.2. The van der Waals surface area contributed by atoms with Crippen molar-refractivity contribution in [2.45, 2.75) is 59.2 Å². The summed E-state index contributed by atoms with van der Waals surface area (Å²) >= 11 is 0. The van der Waals surface area contributed by atoms with Gasteiger partial charge in [-0.1, -0.05) is 39.5 Å². The summed E-state index contributed by atoms with van der Waals surface area (Å²) in [5.74, 6) is 6.17. The molecule has 0 heterocycles. The molecule has 16 heavy (non-hydrogen) atoms. The first-order valence-corrected chi connectivity index (χ1v) is 8.91. The fourth-order valence-corrected chi connectivity index (χ4v) is 1.80. The van der Waals surface area contributed by atoms with E-state index in [1.54, 1.807) is 0 Å². The first kappa shape index (κ1) is 15.5. The molecule has 0 amide bonds. The van der Waals surface area contributed by atoms with Crippen LogP contribution in [0, 0.1) is 11.8 Å². The highest BCUT2D eigenvalue weighted by atomic mass is 28.4. The summed E-state index contributed by atoms with van der Waals surface area (Å²) in [4.78, 5) is 0. The third-order valence-corrected chi connectivity index (χ3v) is 7.60. The molecule has 0 aromatic heterocycles. The number of hydrogen-bond acceptors (Lipinski definition) is 1. The van der Waals surface area contributed by atoms with Crippen LogP contribution in [0.5, 0.6) is 0 Å². The molecule has 2 heteroatoms. The van der Waals surface area contributed by atoms with Gasteiger partial charge in [0.05, 0.1) is 6.61 Å². The standard InChI is InChI=1S/C14H26OSi/c1-8-9-10-13(2)11-12-15-16(6,7)14(3,4)5/h11H,8,12H2,1-7H3/b13-11-. The molecule has 0 spiro atoms. The monoisotopic (exact) mass is 238 g/mol. The lowest BCUT2D eigenvalue weighted by molar-refractivity contribution is 0.327. The highest BCUT2D eigenvalue weighted by Gasteiger charge is 2.36. The zero-order valence-corrected chi connectivity index (χ0v) is 12.9. The Hall–Kier alpha value is -0.523. The zero-order valence-electron chi connectivity index (χ0n) is 11.9. The fraction of sp³-hybridized carbons (Fsp3) is 0.714. The van der Waals surface area contributed by atoms with Crippen LogP contribution in [-0.4, -0.2) is 14.9 Å². The van der Waals surface area contributed by atoms with Crippen molar-refractivity contribution in [1.29, 1.82) is 0 Å². The topological polar surface area (TPSA) is 9.23 Å². The molecular weight excluding hydrogens is 212 g/mol. The van der Waals surface area contributed by atoms with E-state index in [0.717, 1.165) is 12.0 Å². The summed E-state index contributed by atoms with van der Waals surface area (Å²) in [5, 5.41) is 0.282. The maximum absolute atomic E-state index is 6.04. The molecule has 0 radical (unpaired) electrons. The second kappa shape index (κ2) is 6.27. The summed E-state index contributed by atoms with van der Waals surface area (Å²) in [6.07, 6.45) is 3.00. The van der Waals surface area contributed by atoms with E-state index in [1.165, 1.54) is 0 Å². The summed E-state index contributed by atoms with van der Waals surface area (Å²) in [7, 11) is -1.60. The van der Waals surface area contributed by atoms with Crippen molar-refractivity contribution in [2.75, 3.05) is 6.61 Å². The van der Waals surface area contributed by atoms with Crippen molar-refractivity contribution in [3.8, 4) is 11.8 Å². The summed E-state index contributed by atoms with van der Waals surface area (Å²) in [6.45, 7) is 16.1. The maximum atomic E-state index is 6.04. The van der Waals surface area contributed by atoms with Gasteiger partial charge in [0.25, 0.3) is 0 Å². The van der Waals surface area contributed by atoms with Crippen molar-refractivity contribution >= 4 is 8.32 Å². The molecule has 92 valence electrons. The van der Waals surface area contributed by atoms with Crippen LogP contribution in [0.25, 0.3) is 0 Å². The predicted molar refractivity (Wildman–Crippen MR) is 75.0 cm³/mol. The average Bonchev–Trinajstić information content (AvgIpc) is 2.12. The van der Waals surface area contributed by atoms with Crippen LogP contribution in [0.15, 0.2) is 11.6 Å². The molecule has 0 aliphatic heterocycles. The average molecular weight is 238 g/mol. The molecule has 0 N–H and O–H groups in total. The lowest BCUT2D eigenvalue weighted by Gasteiger charge is -2.35. The highest BCUT2D eigenvalue weighted by Crippen LogP contribution is 2.36. The van der Waals surface area contributed by atoms with Gasteiger partial charge in [0.2, 0.25) is 0 Å². The quantitative estimate of drug-likeness (QED) is 0.524. The van der Waals surface area contributed by atoms with Crippen LogP contribution >= 0.6 is 0 Å². The van der Waals surface area contributed by atoms with Gasteiger partial charge in [0, 0.05) is 6.42 Å². The summed E-state index contributed by atoms with van der Waals surface area (Å²) in [5.41, 5.74) is 1.11. The van der Waals surface area contributed by atoms with E-state index in [4.69, 9.17) is 4.43 Å². The third kappa shape index (κ3) is 5.53. The van der Waals surface area contributed by atoms with Gasteiger partial charge in [-0.15, -0.1) is 0 Å². The first-order chi connectivity index (χ1) is 7.20. The lowest BCUT2D eigenvalue weighted by Crippen LogP contribution is -2.40. The van der Waals surface area contributed by atoms with Gasteiger partial charge in [0.15, 0.2) is 8.32 Å². The molecule has 0 aromatic rings. The van der Waals surface area contributed by atoms with Crippen molar-refractivity contribution in [3.05, 3.63) is 11.6 Å². The minimum absolute atomic E-state index is 0.282. The van der Waals surface area contributed by atoms with Crippen molar-refractivity contribution in [2.24, 2.45) is 0 Å². The van der Waals surface area contributed by atoms with Gasteiger partial charge in [-0.05, 0) is 36.7 Å². The normalized spacial score (nSPS) is 13.3. The highest BCUT2D eigenvalue weighted by molar-refractivity contribution is 6.74. The second-order valence-corrected chi connectivity index (χ2v) is 10.4. The first-order valence-electron chi connectivity index (χ1n) is 6.00. The maximum Gasteiger partial charge on any atom is 0.192 e. The summed E-state index contributed by atoms with van der Waals surface area (Å²) in [6, 6.07) is 0. The largest absolute Gasteiger partial charge is 0.413 e. The molecule has 0 rings (SSSR count). The van der Waals surface area contributed by atoms with Gasteiger partial charge in [-0.25, -0.2) is 0 Å². The molecule has 0 aliphatic rings. The van der Waals surface area contributed by atoms with Crippen molar-refractivity contribution in [3.63, 3.8) is 0 Å².